The fraction of sp³-hybridized carbons (Fsp3) is 1.00. The van der Waals surface area contributed by atoms with Gasteiger partial charge >= 0.3 is 0 Å². The van der Waals surface area contributed by atoms with Crippen LogP contribution in [-0.4, -0.2) is 45.9 Å². The van der Waals surface area contributed by atoms with Gasteiger partial charge in [0.2, 0.25) is 0 Å². The summed E-state index contributed by atoms with van der Waals surface area (Å²) >= 11 is 0. The summed E-state index contributed by atoms with van der Waals surface area (Å²) in [7, 11) is 3.75. The van der Waals surface area contributed by atoms with Crippen LogP contribution in [0.3, 0.4) is 0 Å². The van der Waals surface area contributed by atoms with E-state index in [-0.39, 0.29) is 5.48 Å². The van der Waals surface area contributed by atoms with Crippen molar-refractivity contribution in [2.45, 2.75) is 6.92 Å². The first-order valence-corrected chi connectivity index (χ1v) is 4.22. The van der Waals surface area contributed by atoms with Gasteiger partial charge in [-0.2, -0.15) is 0 Å². The molecule has 4 heteroatoms. The van der Waals surface area contributed by atoms with Crippen molar-refractivity contribution in [2.24, 2.45) is 5.92 Å². The van der Waals surface area contributed by atoms with Crippen molar-refractivity contribution in [1.82, 2.24) is 10.6 Å². The van der Waals surface area contributed by atoms with E-state index < -0.39 is 0 Å². The quantitative estimate of drug-likeness (QED) is 0.598. The van der Waals surface area contributed by atoms with Gasteiger partial charge in [0, 0.05) is 12.5 Å². The van der Waals surface area contributed by atoms with Crippen LogP contribution in [0.25, 0.3) is 0 Å². The lowest BCUT2D eigenvalue weighted by Crippen LogP contribution is -2.36. The van der Waals surface area contributed by atoms with Crippen LogP contribution in [0.5, 0.6) is 0 Å². The van der Waals surface area contributed by atoms with Crippen LogP contribution >= 0.6 is 0 Å². The van der Waals surface area contributed by atoms with Crippen molar-refractivity contribution in [2.75, 3.05) is 40.4 Å². The van der Waals surface area contributed by atoms with Gasteiger partial charge < -0.3 is 20.8 Å². The van der Waals surface area contributed by atoms with E-state index in [1.54, 1.807) is 0 Å². The van der Waals surface area contributed by atoms with Crippen molar-refractivity contribution in [3.05, 3.63) is 0 Å². The molecule has 0 unspecified atom stereocenters. The Morgan fingerprint density at radius 2 is 1.83 bits per heavy atom. The number of hydrogen-bond acceptors (Lipinski definition) is 3. The third-order valence-electron chi connectivity index (χ3n) is 1.39. The smallest absolute Gasteiger partial charge is 0.0528 e. The second-order valence-electron chi connectivity index (χ2n) is 2.71. The number of rotatable bonds is 3. The number of ether oxygens (including phenoxy) is 1. The second kappa shape index (κ2) is 10.8. The van der Waals surface area contributed by atoms with E-state index in [1.807, 2.05) is 14.1 Å². The fourth-order valence-corrected chi connectivity index (χ4v) is 0.751. The molecule has 76 valence electrons. The average molecular weight is 178 g/mol. The van der Waals surface area contributed by atoms with Crippen molar-refractivity contribution >= 4 is 0 Å². The van der Waals surface area contributed by atoms with Crippen molar-refractivity contribution < 1.29 is 10.2 Å². The van der Waals surface area contributed by atoms with Gasteiger partial charge in [0.05, 0.1) is 13.2 Å². The first-order chi connectivity index (χ1) is 5.35. The monoisotopic (exact) mass is 178 g/mol. The summed E-state index contributed by atoms with van der Waals surface area (Å²) in [5.74, 6) is 0.801. The predicted molar refractivity (Wildman–Crippen MR) is 51.5 cm³/mol. The molecule has 0 atom stereocenters. The SMILES string of the molecule is CCNCC1COC1.CNC.O. The van der Waals surface area contributed by atoms with Crippen LogP contribution in [-0.2, 0) is 4.74 Å². The first kappa shape index (κ1) is 14.4. The Balaban J connectivity index is 0. The summed E-state index contributed by atoms with van der Waals surface area (Å²) < 4.78 is 4.99. The van der Waals surface area contributed by atoms with E-state index >= 15 is 0 Å². The lowest BCUT2D eigenvalue weighted by molar-refractivity contribution is -0.0304. The van der Waals surface area contributed by atoms with E-state index in [4.69, 9.17) is 4.74 Å². The molecule has 4 nitrogen and oxygen atoms in total. The minimum atomic E-state index is 0. The Labute approximate surface area is 75.0 Å². The Bertz CT molecular complexity index is 77.5. The Morgan fingerprint density at radius 3 is 2.08 bits per heavy atom. The molecule has 0 aromatic carbocycles. The normalized spacial score (nSPS) is 15.2. The van der Waals surface area contributed by atoms with Gasteiger partial charge in [-0.05, 0) is 20.6 Å². The molecule has 1 heterocycles. The maximum absolute atomic E-state index is 4.99. The highest BCUT2D eigenvalue weighted by atomic mass is 16.5. The summed E-state index contributed by atoms with van der Waals surface area (Å²) in [6.45, 7) is 6.27. The molecule has 0 amide bonds. The first-order valence-electron chi connectivity index (χ1n) is 4.22. The largest absolute Gasteiger partial charge is 0.412 e. The summed E-state index contributed by atoms with van der Waals surface area (Å²) in [6, 6.07) is 0. The Morgan fingerprint density at radius 1 is 1.33 bits per heavy atom. The summed E-state index contributed by atoms with van der Waals surface area (Å²) in [4.78, 5) is 0. The minimum absolute atomic E-state index is 0. The van der Waals surface area contributed by atoms with Crippen LogP contribution in [0.4, 0.5) is 0 Å². The van der Waals surface area contributed by atoms with E-state index in [0.717, 1.165) is 32.2 Å². The van der Waals surface area contributed by atoms with Gasteiger partial charge in [-0.15, -0.1) is 0 Å². The molecule has 1 fully saturated rings. The van der Waals surface area contributed by atoms with Gasteiger partial charge in [-0.3, -0.25) is 0 Å². The molecule has 12 heavy (non-hydrogen) atoms. The molecule has 0 aliphatic carbocycles. The Kier molecular flexibility index (Phi) is 13.0. The highest BCUT2D eigenvalue weighted by Gasteiger charge is 2.16. The molecule has 0 saturated carbocycles. The van der Waals surface area contributed by atoms with Crippen LogP contribution < -0.4 is 10.6 Å². The lowest BCUT2D eigenvalue weighted by Gasteiger charge is -2.25. The zero-order valence-corrected chi connectivity index (χ0v) is 8.31. The van der Waals surface area contributed by atoms with Gasteiger partial charge in [0.1, 0.15) is 0 Å². The van der Waals surface area contributed by atoms with Gasteiger partial charge in [-0.25, -0.2) is 0 Å². The van der Waals surface area contributed by atoms with E-state index in [1.165, 1.54) is 0 Å². The number of hydrogen-bond donors (Lipinski definition) is 2. The molecule has 0 aromatic heterocycles. The molecular formula is C8H22N2O2. The van der Waals surface area contributed by atoms with Crippen LogP contribution in [0.1, 0.15) is 6.92 Å². The minimum Gasteiger partial charge on any atom is -0.412 e. The van der Waals surface area contributed by atoms with Crippen LogP contribution in [0, 0.1) is 5.92 Å². The lowest BCUT2D eigenvalue weighted by atomic mass is 10.1. The van der Waals surface area contributed by atoms with Gasteiger partial charge in [0.15, 0.2) is 0 Å². The van der Waals surface area contributed by atoms with Crippen LogP contribution in [0.2, 0.25) is 0 Å². The van der Waals surface area contributed by atoms with Crippen molar-refractivity contribution in [1.29, 1.82) is 0 Å². The van der Waals surface area contributed by atoms with Crippen molar-refractivity contribution in [3.8, 4) is 0 Å². The van der Waals surface area contributed by atoms with Gasteiger partial charge in [0.25, 0.3) is 0 Å². The van der Waals surface area contributed by atoms with Gasteiger partial charge in [-0.1, -0.05) is 6.92 Å². The van der Waals surface area contributed by atoms with Crippen LogP contribution in [0.15, 0.2) is 0 Å². The molecule has 0 spiro atoms. The fourth-order valence-electron chi connectivity index (χ4n) is 0.751. The molecule has 1 aliphatic heterocycles. The third-order valence-corrected chi connectivity index (χ3v) is 1.39. The van der Waals surface area contributed by atoms with Crippen molar-refractivity contribution in [3.63, 3.8) is 0 Å². The zero-order chi connectivity index (χ0) is 8.53. The predicted octanol–water partition coefficient (Wildman–Crippen LogP) is -0.747. The molecule has 0 bridgehead atoms. The van der Waals surface area contributed by atoms with E-state index in [2.05, 4.69) is 17.6 Å². The molecule has 1 rings (SSSR count). The highest BCUT2D eigenvalue weighted by Crippen LogP contribution is 2.06. The molecule has 0 aromatic rings. The summed E-state index contributed by atoms with van der Waals surface area (Å²) in [5, 5.41) is 6.02. The topological polar surface area (TPSA) is 64.8 Å². The molecule has 4 N–H and O–H groups in total. The zero-order valence-electron chi connectivity index (χ0n) is 8.31. The number of nitrogens with one attached hydrogen (secondary N) is 2. The van der Waals surface area contributed by atoms with E-state index in [9.17, 15) is 0 Å². The molecule has 1 aliphatic rings. The summed E-state index contributed by atoms with van der Waals surface area (Å²) in [5.41, 5.74) is 0. The van der Waals surface area contributed by atoms with E-state index in [0.29, 0.717) is 0 Å². The maximum atomic E-state index is 4.99. The Hall–Kier alpha value is -0.160. The standard InChI is InChI=1S/C6H13NO.C2H7N.H2O/c1-2-7-3-6-4-8-5-6;1-3-2;/h6-7H,2-5H2,1H3;3H,1-2H3;1H2. The second-order valence-corrected chi connectivity index (χ2v) is 2.71. The molecular weight excluding hydrogens is 156 g/mol. The highest BCUT2D eigenvalue weighted by molar-refractivity contribution is 4.66. The molecule has 0 radical (unpaired) electrons. The third kappa shape index (κ3) is 7.94. The average Bonchev–Trinajstić information content (AvgIpc) is 1.87. The summed E-state index contributed by atoms with van der Waals surface area (Å²) in [6.07, 6.45) is 0. The molecule has 1 saturated heterocycles. The maximum Gasteiger partial charge on any atom is 0.0528 e.